The van der Waals surface area contributed by atoms with Gasteiger partial charge in [0.15, 0.2) is 0 Å². The zero-order valence-corrected chi connectivity index (χ0v) is 11.0. The molecule has 98 valence electrons. The summed E-state index contributed by atoms with van der Waals surface area (Å²) in [5.41, 5.74) is 2.29. The first-order valence-electron chi connectivity index (χ1n) is 5.76. The summed E-state index contributed by atoms with van der Waals surface area (Å²) >= 11 is 0. The van der Waals surface area contributed by atoms with E-state index < -0.39 is 10.0 Å². The van der Waals surface area contributed by atoms with E-state index in [4.69, 9.17) is 0 Å². The van der Waals surface area contributed by atoms with Gasteiger partial charge in [-0.25, -0.2) is 13.1 Å². The molecular formula is C12H17N3O2S. The summed E-state index contributed by atoms with van der Waals surface area (Å²) < 4.78 is 24.1. The molecule has 0 saturated carbocycles. The van der Waals surface area contributed by atoms with Crippen LogP contribution < -0.4 is 10.0 Å². The quantitative estimate of drug-likeness (QED) is 0.678. The van der Waals surface area contributed by atoms with Crippen LogP contribution in [0.15, 0.2) is 30.5 Å². The number of rotatable bonds is 6. The lowest BCUT2D eigenvalue weighted by Gasteiger charge is -2.05. The van der Waals surface area contributed by atoms with Crippen LogP contribution in [0.5, 0.6) is 0 Å². The zero-order valence-electron chi connectivity index (χ0n) is 10.2. The number of hydrogen-bond acceptors (Lipinski definition) is 3. The van der Waals surface area contributed by atoms with Crippen LogP contribution in [0, 0.1) is 0 Å². The number of hydrogen-bond donors (Lipinski definition) is 3. The maximum absolute atomic E-state index is 10.8. The fraction of sp³-hybridized carbons (Fsp3) is 0.333. The van der Waals surface area contributed by atoms with Crippen molar-refractivity contribution in [1.29, 1.82) is 0 Å². The molecule has 1 aromatic heterocycles. The molecular weight excluding hydrogens is 250 g/mol. The minimum Gasteiger partial charge on any atom is -0.361 e. The Bertz CT molecular complexity index is 619. The topological polar surface area (TPSA) is 74.0 Å². The van der Waals surface area contributed by atoms with Crippen molar-refractivity contribution in [2.45, 2.75) is 6.54 Å². The summed E-state index contributed by atoms with van der Waals surface area (Å²) in [7, 11) is -3.09. The van der Waals surface area contributed by atoms with Gasteiger partial charge in [0.05, 0.1) is 6.26 Å². The first-order valence-corrected chi connectivity index (χ1v) is 7.65. The molecule has 5 nitrogen and oxygen atoms in total. The molecule has 3 N–H and O–H groups in total. The maximum atomic E-state index is 10.8. The Morgan fingerprint density at radius 1 is 1.22 bits per heavy atom. The molecule has 0 aliphatic carbocycles. The van der Waals surface area contributed by atoms with E-state index in [-0.39, 0.29) is 0 Å². The van der Waals surface area contributed by atoms with Gasteiger partial charge in [-0.05, 0) is 23.1 Å². The molecule has 0 bridgehead atoms. The van der Waals surface area contributed by atoms with Gasteiger partial charge in [-0.15, -0.1) is 0 Å². The zero-order chi connectivity index (χ0) is 13.0. The maximum Gasteiger partial charge on any atom is 0.208 e. The first-order chi connectivity index (χ1) is 8.54. The van der Waals surface area contributed by atoms with Gasteiger partial charge in [0.2, 0.25) is 10.0 Å². The summed E-state index contributed by atoms with van der Waals surface area (Å²) in [6.07, 6.45) is 3.07. The van der Waals surface area contributed by atoms with Gasteiger partial charge in [0.25, 0.3) is 0 Å². The fourth-order valence-corrected chi connectivity index (χ4v) is 2.24. The highest BCUT2D eigenvalue weighted by atomic mass is 32.2. The van der Waals surface area contributed by atoms with Crippen LogP contribution in [-0.4, -0.2) is 32.7 Å². The van der Waals surface area contributed by atoms with E-state index in [2.05, 4.69) is 33.2 Å². The van der Waals surface area contributed by atoms with Gasteiger partial charge in [-0.2, -0.15) is 0 Å². The number of aromatic amines is 1. The Hall–Kier alpha value is -1.37. The average Bonchev–Trinajstić information content (AvgIpc) is 2.74. The van der Waals surface area contributed by atoms with Crippen LogP contribution in [0.25, 0.3) is 10.9 Å². The average molecular weight is 267 g/mol. The predicted molar refractivity (Wildman–Crippen MR) is 72.9 cm³/mol. The molecule has 0 amide bonds. The molecule has 1 aromatic carbocycles. The Labute approximate surface area is 107 Å². The van der Waals surface area contributed by atoms with Gasteiger partial charge in [-0.3, -0.25) is 0 Å². The minimum absolute atomic E-state index is 0.406. The van der Waals surface area contributed by atoms with E-state index in [1.165, 1.54) is 10.9 Å². The summed E-state index contributed by atoms with van der Waals surface area (Å²) in [4.78, 5) is 3.16. The molecule has 1 heterocycles. The number of aromatic nitrogens is 1. The molecule has 0 radical (unpaired) electrons. The van der Waals surface area contributed by atoms with Gasteiger partial charge in [0.1, 0.15) is 0 Å². The standard InChI is InChI=1S/C12H17N3O2S/c1-18(16,17)15-7-6-13-9-10-2-3-11-4-5-14-12(11)8-10/h2-5,8,13-15H,6-7,9H2,1H3. The van der Waals surface area contributed by atoms with E-state index in [0.29, 0.717) is 13.1 Å². The second kappa shape index (κ2) is 5.51. The van der Waals surface area contributed by atoms with E-state index in [1.807, 2.05) is 12.3 Å². The number of benzene rings is 1. The molecule has 0 fully saturated rings. The van der Waals surface area contributed by atoms with Crippen molar-refractivity contribution in [1.82, 2.24) is 15.0 Å². The molecule has 2 aromatic rings. The third-order valence-corrected chi connectivity index (χ3v) is 3.34. The SMILES string of the molecule is CS(=O)(=O)NCCNCc1ccc2cc[nH]c2c1. The summed E-state index contributed by atoms with van der Waals surface area (Å²) in [5, 5.41) is 4.38. The van der Waals surface area contributed by atoms with Crippen molar-refractivity contribution < 1.29 is 8.42 Å². The van der Waals surface area contributed by atoms with Gasteiger partial charge >= 0.3 is 0 Å². The molecule has 0 aliphatic heterocycles. The third kappa shape index (κ3) is 3.83. The van der Waals surface area contributed by atoms with E-state index >= 15 is 0 Å². The third-order valence-electron chi connectivity index (χ3n) is 2.61. The van der Waals surface area contributed by atoms with E-state index in [1.54, 1.807) is 0 Å². The molecule has 6 heteroatoms. The number of sulfonamides is 1. The number of nitrogens with one attached hydrogen (secondary N) is 3. The number of fused-ring (bicyclic) bond motifs is 1. The van der Waals surface area contributed by atoms with Crippen LogP contribution in [0.3, 0.4) is 0 Å². The van der Waals surface area contributed by atoms with Crippen LogP contribution >= 0.6 is 0 Å². The summed E-state index contributed by atoms with van der Waals surface area (Å²) in [5.74, 6) is 0. The first kappa shape index (κ1) is 13.1. The predicted octanol–water partition coefficient (Wildman–Crippen LogP) is 0.807. The minimum atomic E-state index is -3.09. The monoisotopic (exact) mass is 267 g/mol. The van der Waals surface area contributed by atoms with Crippen molar-refractivity contribution in [2.75, 3.05) is 19.3 Å². The molecule has 18 heavy (non-hydrogen) atoms. The van der Waals surface area contributed by atoms with Crippen molar-refractivity contribution in [3.63, 3.8) is 0 Å². The van der Waals surface area contributed by atoms with E-state index in [9.17, 15) is 8.42 Å². The fourth-order valence-electron chi connectivity index (χ4n) is 1.76. The number of H-pyrrole nitrogens is 1. The van der Waals surface area contributed by atoms with Crippen molar-refractivity contribution in [3.8, 4) is 0 Å². The smallest absolute Gasteiger partial charge is 0.208 e. The van der Waals surface area contributed by atoms with Gasteiger partial charge < -0.3 is 10.3 Å². The van der Waals surface area contributed by atoms with Crippen LogP contribution in [0.1, 0.15) is 5.56 Å². The second-order valence-electron chi connectivity index (χ2n) is 4.24. The highest BCUT2D eigenvalue weighted by Gasteiger charge is 1.99. The highest BCUT2D eigenvalue weighted by molar-refractivity contribution is 7.88. The molecule has 2 rings (SSSR count). The van der Waals surface area contributed by atoms with Crippen LogP contribution in [0.2, 0.25) is 0 Å². The Morgan fingerprint density at radius 3 is 2.83 bits per heavy atom. The largest absolute Gasteiger partial charge is 0.361 e. The lowest BCUT2D eigenvalue weighted by Crippen LogP contribution is -2.30. The molecule has 0 saturated heterocycles. The van der Waals surface area contributed by atoms with Crippen LogP contribution in [-0.2, 0) is 16.6 Å². The van der Waals surface area contributed by atoms with E-state index in [0.717, 1.165) is 18.3 Å². The molecule has 0 atom stereocenters. The molecule has 0 aliphatic rings. The summed E-state index contributed by atoms with van der Waals surface area (Å²) in [6.45, 7) is 1.74. The van der Waals surface area contributed by atoms with Crippen molar-refractivity contribution in [2.24, 2.45) is 0 Å². The van der Waals surface area contributed by atoms with Crippen molar-refractivity contribution in [3.05, 3.63) is 36.0 Å². The second-order valence-corrected chi connectivity index (χ2v) is 6.08. The van der Waals surface area contributed by atoms with Crippen LogP contribution in [0.4, 0.5) is 0 Å². The van der Waals surface area contributed by atoms with Gasteiger partial charge in [-0.1, -0.05) is 12.1 Å². The normalized spacial score (nSPS) is 12.1. The molecule has 0 unspecified atom stereocenters. The lowest BCUT2D eigenvalue weighted by atomic mass is 10.1. The van der Waals surface area contributed by atoms with Gasteiger partial charge in [0, 0.05) is 31.3 Å². The Balaban J connectivity index is 1.79. The van der Waals surface area contributed by atoms with Crippen molar-refractivity contribution >= 4 is 20.9 Å². The lowest BCUT2D eigenvalue weighted by molar-refractivity contribution is 0.582. The molecule has 0 spiro atoms. The summed E-state index contributed by atoms with van der Waals surface area (Å²) in [6, 6.07) is 8.25. The highest BCUT2D eigenvalue weighted by Crippen LogP contribution is 2.13. The Morgan fingerprint density at radius 2 is 2.06 bits per heavy atom. The Kier molecular flexibility index (Phi) is 4.00.